The van der Waals surface area contributed by atoms with Gasteiger partial charge in [-0.2, -0.15) is 5.10 Å². The highest BCUT2D eigenvalue weighted by molar-refractivity contribution is 6.32. The van der Waals surface area contributed by atoms with Gasteiger partial charge in [0.15, 0.2) is 0 Å². The molecule has 0 aromatic carbocycles. The average molecular weight is 288 g/mol. The molecule has 0 aliphatic heterocycles. The first-order valence-electron chi connectivity index (χ1n) is 6.61. The van der Waals surface area contributed by atoms with Crippen molar-refractivity contribution < 1.29 is 4.74 Å². The second kappa shape index (κ2) is 8.17. The van der Waals surface area contributed by atoms with E-state index in [-0.39, 0.29) is 16.6 Å². The predicted molar refractivity (Wildman–Crippen MR) is 78.0 cm³/mol. The van der Waals surface area contributed by atoms with Gasteiger partial charge in [0.25, 0.3) is 5.56 Å². The Morgan fingerprint density at radius 1 is 1.58 bits per heavy atom. The third-order valence-electron chi connectivity index (χ3n) is 2.88. The molecule has 0 aliphatic carbocycles. The van der Waals surface area contributed by atoms with Gasteiger partial charge in [0, 0.05) is 13.2 Å². The summed E-state index contributed by atoms with van der Waals surface area (Å²) < 4.78 is 6.23. The summed E-state index contributed by atoms with van der Waals surface area (Å²) in [6, 6.07) is 0.272. The number of aromatic nitrogens is 2. The molecule has 0 fully saturated rings. The normalized spacial score (nSPS) is 12.4. The van der Waals surface area contributed by atoms with Gasteiger partial charge in [-0.05, 0) is 13.3 Å². The molecular formula is C13H22ClN3O2. The Balaban J connectivity index is 2.75. The maximum atomic E-state index is 12.0. The van der Waals surface area contributed by atoms with E-state index in [1.54, 1.807) is 13.3 Å². The number of nitrogens with one attached hydrogen (secondary N) is 1. The summed E-state index contributed by atoms with van der Waals surface area (Å²) >= 11 is 6.08. The fourth-order valence-corrected chi connectivity index (χ4v) is 1.95. The van der Waals surface area contributed by atoms with Gasteiger partial charge >= 0.3 is 0 Å². The highest BCUT2D eigenvalue weighted by Crippen LogP contribution is 2.17. The summed E-state index contributed by atoms with van der Waals surface area (Å²) in [6.07, 6.45) is 4.93. The second-order valence-electron chi connectivity index (χ2n) is 4.58. The molecule has 5 nitrogen and oxygen atoms in total. The topological polar surface area (TPSA) is 56.1 Å². The van der Waals surface area contributed by atoms with E-state index in [1.165, 1.54) is 4.68 Å². The molecule has 0 aliphatic rings. The van der Waals surface area contributed by atoms with Gasteiger partial charge in [0.1, 0.15) is 5.02 Å². The lowest BCUT2D eigenvalue weighted by Gasteiger charge is -2.16. The molecule has 1 aromatic rings. The smallest absolute Gasteiger partial charge is 0.287 e. The van der Waals surface area contributed by atoms with E-state index >= 15 is 0 Å². The van der Waals surface area contributed by atoms with Gasteiger partial charge < -0.3 is 10.1 Å². The standard InChI is InChI=1S/C13H22ClN3O2/c1-4-5-6-10(2)16-11-9-15-17(7-8-19-3)13(18)12(11)14/h9-10,16H,4-8H2,1-3H3. The van der Waals surface area contributed by atoms with E-state index < -0.39 is 0 Å². The van der Waals surface area contributed by atoms with Crippen LogP contribution in [0.2, 0.25) is 5.02 Å². The van der Waals surface area contributed by atoms with Gasteiger partial charge in [-0.15, -0.1) is 0 Å². The van der Waals surface area contributed by atoms with E-state index in [9.17, 15) is 4.79 Å². The summed E-state index contributed by atoms with van der Waals surface area (Å²) in [4.78, 5) is 12.0. The quantitative estimate of drug-likeness (QED) is 0.798. The molecule has 1 heterocycles. The zero-order valence-electron chi connectivity index (χ0n) is 11.8. The van der Waals surface area contributed by atoms with Crippen molar-refractivity contribution in [2.45, 2.75) is 45.7 Å². The number of rotatable bonds is 8. The maximum Gasteiger partial charge on any atom is 0.287 e. The third-order valence-corrected chi connectivity index (χ3v) is 3.25. The molecule has 1 atom stereocenters. The number of methoxy groups -OCH3 is 1. The van der Waals surface area contributed by atoms with Gasteiger partial charge in [0.05, 0.1) is 25.0 Å². The summed E-state index contributed by atoms with van der Waals surface area (Å²) in [5.41, 5.74) is 0.315. The van der Waals surface area contributed by atoms with Crippen molar-refractivity contribution in [1.82, 2.24) is 9.78 Å². The fraction of sp³-hybridized carbons (Fsp3) is 0.692. The zero-order valence-corrected chi connectivity index (χ0v) is 12.5. The molecule has 108 valence electrons. The van der Waals surface area contributed by atoms with Crippen LogP contribution in [-0.2, 0) is 11.3 Å². The molecule has 0 radical (unpaired) electrons. The minimum absolute atomic E-state index is 0.189. The Bertz CT molecular complexity index is 448. The SMILES string of the molecule is CCCCC(C)Nc1cnn(CCOC)c(=O)c1Cl. The molecule has 6 heteroatoms. The van der Waals surface area contributed by atoms with Gasteiger partial charge in [-0.3, -0.25) is 4.79 Å². The lowest BCUT2D eigenvalue weighted by molar-refractivity contribution is 0.182. The monoisotopic (exact) mass is 287 g/mol. The Kier molecular flexibility index (Phi) is 6.87. The predicted octanol–water partition coefficient (Wildman–Crippen LogP) is 2.53. The second-order valence-corrected chi connectivity index (χ2v) is 4.96. The first-order valence-corrected chi connectivity index (χ1v) is 6.99. The van der Waals surface area contributed by atoms with Crippen LogP contribution in [-0.4, -0.2) is 29.5 Å². The first kappa shape index (κ1) is 16.0. The minimum Gasteiger partial charge on any atom is -0.383 e. The van der Waals surface area contributed by atoms with Crippen LogP contribution in [0.3, 0.4) is 0 Å². The molecule has 19 heavy (non-hydrogen) atoms. The van der Waals surface area contributed by atoms with Crippen molar-refractivity contribution in [3.8, 4) is 0 Å². The van der Waals surface area contributed by atoms with Crippen LogP contribution in [0.4, 0.5) is 5.69 Å². The summed E-state index contributed by atoms with van der Waals surface area (Å²) in [6.45, 7) is 5.06. The molecule has 1 N–H and O–H groups in total. The molecule has 1 unspecified atom stereocenters. The lowest BCUT2D eigenvalue weighted by atomic mass is 10.1. The molecule has 0 saturated heterocycles. The fourth-order valence-electron chi connectivity index (χ4n) is 1.75. The van der Waals surface area contributed by atoms with Crippen LogP contribution < -0.4 is 10.9 Å². The minimum atomic E-state index is -0.286. The Morgan fingerprint density at radius 3 is 2.95 bits per heavy atom. The average Bonchev–Trinajstić information content (AvgIpc) is 2.41. The van der Waals surface area contributed by atoms with Gasteiger partial charge in [-0.1, -0.05) is 31.4 Å². The third kappa shape index (κ3) is 4.84. The number of unbranched alkanes of at least 4 members (excludes halogenated alkanes) is 1. The molecule has 1 rings (SSSR count). The van der Waals surface area contributed by atoms with Crippen molar-refractivity contribution in [3.63, 3.8) is 0 Å². The summed E-state index contributed by atoms with van der Waals surface area (Å²) in [5.74, 6) is 0. The number of anilines is 1. The first-order chi connectivity index (χ1) is 9.10. The molecule has 0 amide bonds. The largest absolute Gasteiger partial charge is 0.383 e. The Morgan fingerprint density at radius 2 is 2.32 bits per heavy atom. The molecule has 0 bridgehead atoms. The maximum absolute atomic E-state index is 12.0. The van der Waals surface area contributed by atoms with Gasteiger partial charge in [0.2, 0.25) is 0 Å². The number of hydrogen-bond donors (Lipinski definition) is 1. The number of nitrogens with zero attached hydrogens (tertiary/aromatic N) is 2. The van der Waals surface area contributed by atoms with Crippen LogP contribution in [0.15, 0.2) is 11.0 Å². The van der Waals surface area contributed by atoms with E-state index in [0.29, 0.717) is 18.8 Å². The molecule has 0 saturated carbocycles. The van der Waals surface area contributed by atoms with Crippen LogP contribution >= 0.6 is 11.6 Å². The number of halogens is 1. The van der Waals surface area contributed by atoms with E-state index in [0.717, 1.165) is 19.3 Å². The van der Waals surface area contributed by atoms with E-state index in [2.05, 4.69) is 24.3 Å². The Hall–Kier alpha value is -1.07. The van der Waals surface area contributed by atoms with Crippen LogP contribution in [0, 0.1) is 0 Å². The van der Waals surface area contributed by atoms with Crippen molar-refractivity contribution in [1.29, 1.82) is 0 Å². The molecule has 1 aromatic heterocycles. The number of hydrogen-bond acceptors (Lipinski definition) is 4. The van der Waals surface area contributed by atoms with Crippen molar-refractivity contribution in [2.24, 2.45) is 0 Å². The Labute approximate surface area is 118 Å². The highest BCUT2D eigenvalue weighted by Gasteiger charge is 2.11. The molecule has 0 spiro atoms. The summed E-state index contributed by atoms with van der Waals surface area (Å²) in [7, 11) is 1.58. The summed E-state index contributed by atoms with van der Waals surface area (Å²) in [5, 5.41) is 7.51. The highest BCUT2D eigenvalue weighted by atomic mass is 35.5. The van der Waals surface area contributed by atoms with Crippen LogP contribution in [0.5, 0.6) is 0 Å². The lowest BCUT2D eigenvalue weighted by Crippen LogP contribution is -2.27. The zero-order chi connectivity index (χ0) is 14.3. The van der Waals surface area contributed by atoms with Crippen LogP contribution in [0.25, 0.3) is 0 Å². The van der Waals surface area contributed by atoms with E-state index in [4.69, 9.17) is 16.3 Å². The van der Waals surface area contributed by atoms with E-state index in [1.807, 2.05) is 0 Å². The van der Waals surface area contributed by atoms with Crippen molar-refractivity contribution in [3.05, 3.63) is 21.6 Å². The van der Waals surface area contributed by atoms with Crippen LogP contribution in [0.1, 0.15) is 33.1 Å². The van der Waals surface area contributed by atoms with Crippen molar-refractivity contribution in [2.75, 3.05) is 19.0 Å². The number of ether oxygens (including phenoxy) is 1. The van der Waals surface area contributed by atoms with Gasteiger partial charge in [-0.25, -0.2) is 4.68 Å². The molecular weight excluding hydrogens is 266 g/mol. The van der Waals surface area contributed by atoms with Crippen molar-refractivity contribution >= 4 is 17.3 Å².